The molecule has 5 rings (SSSR count). The summed E-state index contributed by atoms with van der Waals surface area (Å²) >= 11 is -1.44. The summed E-state index contributed by atoms with van der Waals surface area (Å²) in [6.45, 7) is 3.26. The Bertz CT molecular complexity index is 957. The first-order valence-corrected chi connectivity index (χ1v) is 10.9. The number of carbonyl (C=O) groups excluding carboxylic acids is 2. The molecule has 33 heavy (non-hydrogen) atoms. The molecular weight excluding hydrogens is 479 g/mol. The van der Waals surface area contributed by atoms with Gasteiger partial charge in [0.25, 0.3) is 5.91 Å². The van der Waals surface area contributed by atoms with E-state index in [1.165, 1.54) is 12.8 Å². The van der Waals surface area contributed by atoms with Gasteiger partial charge in [-0.05, 0) is 37.1 Å². The minimum atomic E-state index is -1.44. The number of rotatable bonds is 2. The van der Waals surface area contributed by atoms with E-state index in [4.69, 9.17) is 27.0 Å². The molecule has 0 aliphatic carbocycles. The normalized spacial score (nSPS) is 14.8. The molecule has 1 amide bonds. The molecule has 0 aromatic carbocycles. The number of nitrogens with zero attached hydrogens (tertiary/aromatic N) is 2. The van der Waals surface area contributed by atoms with E-state index in [0.29, 0.717) is 41.1 Å². The Hall–Kier alpha value is -3.12. The fourth-order valence-corrected chi connectivity index (χ4v) is 2.70. The van der Waals surface area contributed by atoms with Crippen LogP contribution in [0.5, 0.6) is 11.5 Å². The summed E-state index contributed by atoms with van der Waals surface area (Å²) in [7, 11) is 0. The predicted octanol–water partition coefficient (Wildman–Crippen LogP) is 1.16. The Morgan fingerprint density at radius 3 is 2.33 bits per heavy atom. The van der Waals surface area contributed by atoms with Crippen molar-refractivity contribution in [2.24, 2.45) is 0 Å². The van der Waals surface area contributed by atoms with Crippen LogP contribution in [-0.4, -0.2) is 60.2 Å². The summed E-state index contributed by atoms with van der Waals surface area (Å²) < 4.78 is 32.1. The van der Waals surface area contributed by atoms with Crippen LogP contribution < -0.4 is 20.1 Å². The van der Waals surface area contributed by atoms with Crippen molar-refractivity contribution in [3.63, 3.8) is 0 Å². The first-order valence-electron chi connectivity index (χ1n) is 9.94. The van der Waals surface area contributed by atoms with Gasteiger partial charge in [0.15, 0.2) is 36.0 Å². The Labute approximate surface area is 195 Å². The molecule has 0 saturated carbocycles. The van der Waals surface area contributed by atoms with Crippen LogP contribution >= 0.6 is 0 Å². The van der Waals surface area contributed by atoms with Crippen LogP contribution in [0, 0.1) is 0 Å². The minimum absolute atomic E-state index is 0.0210. The summed E-state index contributed by atoms with van der Waals surface area (Å²) in [5.41, 5.74) is 0.927. The first-order chi connectivity index (χ1) is 16.1. The topological polar surface area (TPSA) is 166 Å². The van der Waals surface area contributed by atoms with Crippen molar-refractivity contribution in [2.75, 3.05) is 43.6 Å². The monoisotopic (exact) mass is 503 g/mol. The van der Waals surface area contributed by atoms with Crippen molar-refractivity contribution in [1.82, 2.24) is 9.97 Å². The van der Waals surface area contributed by atoms with Gasteiger partial charge in [-0.25, -0.2) is 9.97 Å². The standard InChI is InChI=1S/C8H8N2O3.C8H8N2O2.C4H8O.Mn.2O/c11-3-5-1-2-6-8(9-5)10-7(12)4-13-6;11-5-6-1-2-7-8(10-6)9-3-4-12-7;1-2-4-5-3-1;;;/h1-2,11H,3-4H2,(H,9,10,12);1-2,5H,3-4H2,(H,9,10);1-4H2;;;. The average molecular weight is 503 g/mol. The third-order valence-corrected chi connectivity index (χ3v) is 4.17. The van der Waals surface area contributed by atoms with E-state index in [1.807, 2.05) is 0 Å². The number of nitrogens with one attached hydrogen (secondary N) is 2. The second-order valence-corrected chi connectivity index (χ2v) is 6.70. The Morgan fingerprint density at radius 1 is 1.00 bits per heavy atom. The van der Waals surface area contributed by atoms with E-state index in [2.05, 4.69) is 20.6 Å². The number of aldehydes is 1. The molecule has 3 aliphatic rings. The number of pyridine rings is 2. The predicted molar refractivity (Wildman–Crippen MR) is 109 cm³/mol. The van der Waals surface area contributed by atoms with Crippen molar-refractivity contribution in [3.8, 4) is 11.5 Å². The zero-order chi connectivity index (χ0) is 23.9. The quantitative estimate of drug-likeness (QED) is 0.398. The Balaban J connectivity index is 0.000000177. The van der Waals surface area contributed by atoms with Gasteiger partial charge in [-0.15, -0.1) is 0 Å². The molecule has 5 heterocycles. The maximum atomic E-state index is 10.9. The van der Waals surface area contributed by atoms with Crippen LogP contribution in [0.25, 0.3) is 0 Å². The molecule has 0 spiro atoms. The van der Waals surface area contributed by atoms with Crippen LogP contribution in [0.3, 0.4) is 0 Å². The molecule has 0 unspecified atom stereocenters. The summed E-state index contributed by atoms with van der Waals surface area (Å²) in [6.07, 6.45) is 3.27. The summed E-state index contributed by atoms with van der Waals surface area (Å²) in [5, 5.41) is 14.4. The molecule has 1 fully saturated rings. The molecule has 3 N–H and O–H groups in total. The first kappa shape index (κ1) is 26.1. The Morgan fingerprint density at radius 2 is 1.70 bits per heavy atom. The molecule has 0 atom stereocenters. The number of aliphatic hydroxyl groups is 1. The molecule has 0 radical (unpaired) electrons. The number of hydrogen-bond acceptors (Lipinski definition) is 11. The molecule has 1 saturated heterocycles. The van der Waals surface area contributed by atoms with Crippen molar-refractivity contribution in [3.05, 3.63) is 35.7 Å². The van der Waals surface area contributed by atoms with Gasteiger partial charge >= 0.3 is 22.5 Å². The molecule has 179 valence electrons. The van der Waals surface area contributed by atoms with E-state index in [0.717, 1.165) is 26.0 Å². The van der Waals surface area contributed by atoms with Gasteiger partial charge in [0.1, 0.15) is 12.3 Å². The third kappa shape index (κ3) is 9.10. The number of aromatic nitrogens is 2. The zero-order valence-corrected chi connectivity index (χ0v) is 18.8. The molecule has 3 aliphatic heterocycles. The van der Waals surface area contributed by atoms with E-state index >= 15 is 0 Å². The number of fused-ring (bicyclic) bond motifs is 2. The van der Waals surface area contributed by atoms with Crippen LogP contribution in [0.15, 0.2) is 24.3 Å². The van der Waals surface area contributed by atoms with Gasteiger partial charge in [-0.2, -0.15) is 0 Å². The van der Waals surface area contributed by atoms with Crippen LogP contribution in [0.1, 0.15) is 29.0 Å². The molecule has 12 nitrogen and oxygen atoms in total. The average Bonchev–Trinajstić information content (AvgIpc) is 3.44. The number of anilines is 2. The van der Waals surface area contributed by atoms with Crippen LogP contribution in [0.2, 0.25) is 0 Å². The van der Waals surface area contributed by atoms with Crippen LogP contribution in [0.4, 0.5) is 11.6 Å². The molecular formula is C20H24MnN4O8. The van der Waals surface area contributed by atoms with Gasteiger partial charge in [0, 0.05) is 13.2 Å². The number of amides is 1. The van der Waals surface area contributed by atoms with E-state index < -0.39 is 14.8 Å². The van der Waals surface area contributed by atoms with Crippen molar-refractivity contribution < 1.29 is 51.4 Å². The second-order valence-electron chi connectivity index (χ2n) is 6.50. The fraction of sp³-hybridized carbons (Fsp3) is 0.400. The summed E-state index contributed by atoms with van der Waals surface area (Å²) in [4.78, 5) is 29.3. The maximum absolute atomic E-state index is 10.9. The fourth-order valence-electron chi connectivity index (χ4n) is 2.70. The molecule has 0 bridgehead atoms. The SMILES string of the molecule is C1CCOC1.O=C1COc2ccc(CO)nc2N1.O=Cc1ccc2c(n1)NCCO2.[O]=[Mn]=[O]. The van der Waals surface area contributed by atoms with E-state index in [1.54, 1.807) is 24.3 Å². The van der Waals surface area contributed by atoms with Crippen LogP contribution in [-0.2, 0) is 38.6 Å². The zero-order valence-electron chi connectivity index (χ0n) is 17.6. The number of carbonyl (C=O) groups is 2. The number of ether oxygens (including phenoxy) is 3. The van der Waals surface area contributed by atoms with Gasteiger partial charge < -0.3 is 30.0 Å². The molecule has 2 aromatic rings. The number of hydrogen-bond donors (Lipinski definition) is 3. The summed E-state index contributed by atoms with van der Waals surface area (Å²) in [5.74, 6) is 2.06. The van der Waals surface area contributed by atoms with Crippen molar-refractivity contribution in [2.45, 2.75) is 19.4 Å². The van der Waals surface area contributed by atoms with Crippen molar-refractivity contribution in [1.29, 1.82) is 0 Å². The van der Waals surface area contributed by atoms with Gasteiger partial charge in [-0.1, -0.05) is 0 Å². The third-order valence-electron chi connectivity index (χ3n) is 4.17. The van der Waals surface area contributed by atoms with Crippen molar-refractivity contribution >= 4 is 23.8 Å². The van der Waals surface area contributed by atoms with Gasteiger partial charge in [0.2, 0.25) is 0 Å². The second kappa shape index (κ2) is 14.8. The summed E-state index contributed by atoms with van der Waals surface area (Å²) in [6, 6.07) is 6.71. The number of aliphatic hydroxyl groups excluding tert-OH is 1. The Kier molecular flexibility index (Phi) is 11.8. The van der Waals surface area contributed by atoms with E-state index in [9.17, 15) is 9.59 Å². The van der Waals surface area contributed by atoms with E-state index in [-0.39, 0.29) is 19.1 Å². The van der Waals surface area contributed by atoms with Gasteiger partial charge in [-0.3, -0.25) is 9.59 Å². The van der Waals surface area contributed by atoms with Gasteiger partial charge in [0.05, 0.1) is 18.8 Å². The molecule has 13 heteroatoms. The molecule has 2 aromatic heterocycles.